The van der Waals surface area contributed by atoms with E-state index in [1.54, 1.807) is 0 Å². The Bertz CT molecular complexity index is 137. The average Bonchev–Trinajstić information content (AvgIpc) is 2.57. The quantitative estimate of drug-likeness (QED) is 0.713. The zero-order valence-electron chi connectivity index (χ0n) is 8.88. The normalized spacial score (nSPS) is 19.6. The Morgan fingerprint density at radius 1 is 1.31 bits per heavy atom. The molecule has 13 heavy (non-hydrogen) atoms. The van der Waals surface area contributed by atoms with Crippen LogP contribution < -0.4 is 0 Å². The Morgan fingerprint density at radius 2 is 1.92 bits per heavy atom. The van der Waals surface area contributed by atoms with Gasteiger partial charge in [-0.05, 0) is 18.8 Å². The largest absolute Gasteiger partial charge is 0.396 e. The van der Waals surface area contributed by atoms with Gasteiger partial charge in [0.1, 0.15) is 0 Å². The van der Waals surface area contributed by atoms with Crippen molar-refractivity contribution < 1.29 is 9.84 Å². The monoisotopic (exact) mass is 186 g/mol. The van der Waals surface area contributed by atoms with Crippen molar-refractivity contribution in [1.29, 1.82) is 0 Å². The molecule has 0 aromatic rings. The van der Waals surface area contributed by atoms with Gasteiger partial charge in [-0.15, -0.1) is 0 Å². The predicted octanol–water partition coefficient (Wildman–Crippen LogP) is 2.21. The fraction of sp³-hybridized carbons (Fsp3) is 1.00. The van der Waals surface area contributed by atoms with E-state index in [1.807, 2.05) is 13.8 Å². The molecule has 0 aromatic carbocycles. The fourth-order valence-electron chi connectivity index (χ4n) is 1.72. The second kappa shape index (κ2) is 4.97. The van der Waals surface area contributed by atoms with E-state index in [9.17, 15) is 0 Å². The van der Waals surface area contributed by atoms with Gasteiger partial charge in [0, 0.05) is 12.0 Å². The van der Waals surface area contributed by atoms with Gasteiger partial charge in [-0.1, -0.05) is 26.7 Å². The molecule has 0 bridgehead atoms. The lowest BCUT2D eigenvalue weighted by atomic mass is 9.96. The van der Waals surface area contributed by atoms with E-state index in [2.05, 4.69) is 0 Å². The molecule has 0 spiro atoms. The van der Waals surface area contributed by atoms with Gasteiger partial charge in [0.15, 0.2) is 0 Å². The summed E-state index contributed by atoms with van der Waals surface area (Å²) in [6.45, 7) is 5.84. The van der Waals surface area contributed by atoms with E-state index in [4.69, 9.17) is 9.84 Å². The first-order valence-corrected chi connectivity index (χ1v) is 5.33. The highest BCUT2D eigenvalue weighted by atomic mass is 16.5. The zero-order chi connectivity index (χ0) is 9.73. The van der Waals surface area contributed by atoms with Crippen LogP contribution in [-0.2, 0) is 4.74 Å². The summed E-state index contributed by atoms with van der Waals surface area (Å²) in [4.78, 5) is 0. The number of hydrogen-bond donors (Lipinski definition) is 1. The molecule has 0 atom stereocenters. The maximum absolute atomic E-state index is 9.01. The third-order valence-corrected chi connectivity index (χ3v) is 2.75. The van der Waals surface area contributed by atoms with Crippen molar-refractivity contribution in [2.45, 2.75) is 39.5 Å². The van der Waals surface area contributed by atoms with Crippen molar-refractivity contribution in [3.05, 3.63) is 0 Å². The molecule has 0 saturated heterocycles. The van der Waals surface area contributed by atoms with E-state index in [1.165, 1.54) is 25.7 Å². The highest BCUT2D eigenvalue weighted by Gasteiger charge is 2.19. The highest BCUT2D eigenvalue weighted by molar-refractivity contribution is 4.69. The summed E-state index contributed by atoms with van der Waals surface area (Å²) >= 11 is 0. The van der Waals surface area contributed by atoms with Gasteiger partial charge >= 0.3 is 0 Å². The predicted molar refractivity (Wildman–Crippen MR) is 53.6 cm³/mol. The molecule has 2 nitrogen and oxygen atoms in total. The number of ether oxygens (including phenoxy) is 1. The molecule has 1 rings (SSSR count). The molecule has 0 radical (unpaired) electrons. The van der Waals surface area contributed by atoms with Crippen LogP contribution in [0.5, 0.6) is 0 Å². The van der Waals surface area contributed by atoms with E-state index in [-0.39, 0.29) is 12.0 Å². The third-order valence-electron chi connectivity index (χ3n) is 2.75. The molecule has 0 aliphatic heterocycles. The van der Waals surface area contributed by atoms with Crippen molar-refractivity contribution in [3.8, 4) is 0 Å². The first-order chi connectivity index (χ1) is 6.14. The number of aliphatic hydroxyl groups excluding tert-OH is 1. The third kappa shape index (κ3) is 4.10. The van der Waals surface area contributed by atoms with E-state index < -0.39 is 0 Å². The molecule has 0 amide bonds. The summed E-state index contributed by atoms with van der Waals surface area (Å²) in [5.41, 5.74) is -0.0708. The Kier molecular flexibility index (Phi) is 4.20. The van der Waals surface area contributed by atoms with Crippen LogP contribution in [0.3, 0.4) is 0 Å². The molecule has 0 aromatic heterocycles. The molecule has 1 N–H and O–H groups in total. The topological polar surface area (TPSA) is 29.5 Å². The lowest BCUT2D eigenvalue weighted by Gasteiger charge is -2.22. The SMILES string of the molecule is CC(C)(CO)COCC1CCCC1. The molecule has 1 aliphatic rings. The van der Waals surface area contributed by atoms with Crippen LogP contribution in [0.25, 0.3) is 0 Å². The Balaban J connectivity index is 2.06. The van der Waals surface area contributed by atoms with Crippen LogP contribution in [0.1, 0.15) is 39.5 Å². The molecule has 1 saturated carbocycles. The van der Waals surface area contributed by atoms with Crippen molar-refractivity contribution in [3.63, 3.8) is 0 Å². The molecular weight excluding hydrogens is 164 g/mol. The van der Waals surface area contributed by atoms with Crippen molar-refractivity contribution in [2.75, 3.05) is 19.8 Å². The van der Waals surface area contributed by atoms with Gasteiger partial charge < -0.3 is 9.84 Å². The fourth-order valence-corrected chi connectivity index (χ4v) is 1.72. The number of aliphatic hydroxyl groups is 1. The summed E-state index contributed by atoms with van der Waals surface area (Å²) in [5.74, 6) is 0.787. The van der Waals surface area contributed by atoms with Crippen LogP contribution >= 0.6 is 0 Å². The minimum atomic E-state index is -0.0708. The summed E-state index contributed by atoms with van der Waals surface area (Å²) in [6, 6.07) is 0. The maximum atomic E-state index is 9.01. The van der Waals surface area contributed by atoms with Crippen LogP contribution in [-0.4, -0.2) is 24.9 Å². The number of rotatable bonds is 5. The van der Waals surface area contributed by atoms with Crippen LogP contribution in [0, 0.1) is 11.3 Å². The van der Waals surface area contributed by atoms with Crippen LogP contribution in [0.2, 0.25) is 0 Å². The van der Waals surface area contributed by atoms with Gasteiger partial charge in [-0.25, -0.2) is 0 Å². The molecule has 2 heteroatoms. The number of hydrogen-bond acceptors (Lipinski definition) is 2. The van der Waals surface area contributed by atoms with Gasteiger partial charge in [0.05, 0.1) is 13.2 Å². The molecule has 1 aliphatic carbocycles. The summed E-state index contributed by atoms with van der Waals surface area (Å²) in [5, 5.41) is 9.01. The second-order valence-electron chi connectivity index (χ2n) is 4.99. The van der Waals surface area contributed by atoms with Crippen LogP contribution in [0.15, 0.2) is 0 Å². The first-order valence-electron chi connectivity index (χ1n) is 5.33. The molecular formula is C11H22O2. The Labute approximate surface area is 81.3 Å². The van der Waals surface area contributed by atoms with E-state index >= 15 is 0 Å². The van der Waals surface area contributed by atoms with Crippen molar-refractivity contribution in [2.24, 2.45) is 11.3 Å². The molecule has 0 heterocycles. The second-order valence-corrected chi connectivity index (χ2v) is 4.99. The highest BCUT2D eigenvalue weighted by Crippen LogP contribution is 2.25. The minimum absolute atomic E-state index is 0.0708. The van der Waals surface area contributed by atoms with E-state index in [0.29, 0.717) is 6.61 Å². The van der Waals surface area contributed by atoms with Gasteiger partial charge in [0.25, 0.3) is 0 Å². The Morgan fingerprint density at radius 3 is 2.46 bits per heavy atom. The summed E-state index contributed by atoms with van der Waals surface area (Å²) in [7, 11) is 0. The smallest absolute Gasteiger partial charge is 0.0539 e. The maximum Gasteiger partial charge on any atom is 0.0539 e. The van der Waals surface area contributed by atoms with Gasteiger partial charge in [0.2, 0.25) is 0 Å². The van der Waals surface area contributed by atoms with Crippen molar-refractivity contribution >= 4 is 0 Å². The summed E-state index contributed by atoms with van der Waals surface area (Å²) in [6.07, 6.45) is 5.41. The lowest BCUT2D eigenvalue weighted by Crippen LogP contribution is -2.24. The van der Waals surface area contributed by atoms with Gasteiger partial charge in [-0.2, -0.15) is 0 Å². The van der Waals surface area contributed by atoms with Crippen molar-refractivity contribution in [1.82, 2.24) is 0 Å². The summed E-state index contributed by atoms with van der Waals surface area (Å²) < 4.78 is 5.61. The lowest BCUT2D eigenvalue weighted by molar-refractivity contribution is 0.0137. The standard InChI is InChI=1S/C11H22O2/c1-11(2,8-12)9-13-7-10-5-3-4-6-10/h10,12H,3-9H2,1-2H3. The zero-order valence-corrected chi connectivity index (χ0v) is 8.88. The molecule has 78 valence electrons. The van der Waals surface area contributed by atoms with E-state index in [0.717, 1.165) is 12.5 Å². The average molecular weight is 186 g/mol. The minimum Gasteiger partial charge on any atom is -0.396 e. The first kappa shape index (κ1) is 11.0. The molecule has 0 unspecified atom stereocenters. The Hall–Kier alpha value is -0.0800. The molecule has 1 fully saturated rings. The van der Waals surface area contributed by atoms with Crippen LogP contribution in [0.4, 0.5) is 0 Å². The van der Waals surface area contributed by atoms with Gasteiger partial charge in [-0.3, -0.25) is 0 Å².